The van der Waals surface area contributed by atoms with Gasteiger partial charge in [-0.2, -0.15) is 0 Å². The maximum absolute atomic E-state index is 11.8. The molecule has 0 radical (unpaired) electrons. The van der Waals surface area contributed by atoms with Crippen LogP contribution < -0.4 is 10.6 Å². The van der Waals surface area contributed by atoms with E-state index in [9.17, 15) is 9.90 Å². The number of rotatable bonds is 7. The van der Waals surface area contributed by atoms with Crippen molar-refractivity contribution in [3.8, 4) is 0 Å². The number of aliphatic hydroxyl groups excluding tert-OH is 2. The van der Waals surface area contributed by atoms with Crippen molar-refractivity contribution in [2.45, 2.75) is 58.9 Å². The predicted molar refractivity (Wildman–Crippen MR) is 79.5 cm³/mol. The maximum Gasteiger partial charge on any atom is 0.315 e. The van der Waals surface area contributed by atoms with Crippen LogP contribution >= 0.6 is 0 Å². The highest BCUT2D eigenvalue weighted by atomic mass is 16.3. The predicted octanol–water partition coefficient (Wildman–Crippen LogP) is 1.64. The van der Waals surface area contributed by atoms with Gasteiger partial charge in [0.25, 0.3) is 0 Å². The van der Waals surface area contributed by atoms with E-state index in [0.717, 1.165) is 32.1 Å². The van der Waals surface area contributed by atoms with E-state index < -0.39 is 0 Å². The highest BCUT2D eigenvalue weighted by molar-refractivity contribution is 5.74. The summed E-state index contributed by atoms with van der Waals surface area (Å²) < 4.78 is 0. The van der Waals surface area contributed by atoms with Crippen molar-refractivity contribution in [3.05, 3.63) is 0 Å². The van der Waals surface area contributed by atoms with Gasteiger partial charge < -0.3 is 20.8 Å². The summed E-state index contributed by atoms with van der Waals surface area (Å²) in [6.07, 6.45) is 4.67. The summed E-state index contributed by atoms with van der Waals surface area (Å²) in [7, 11) is 0. The van der Waals surface area contributed by atoms with Crippen molar-refractivity contribution in [2.24, 2.45) is 10.8 Å². The molecular formula is C15H30N2O3. The lowest BCUT2D eigenvalue weighted by atomic mass is 9.86. The van der Waals surface area contributed by atoms with Gasteiger partial charge in [-0.25, -0.2) is 4.79 Å². The Hall–Kier alpha value is -0.810. The molecule has 0 bridgehead atoms. The van der Waals surface area contributed by atoms with Gasteiger partial charge in [0.2, 0.25) is 0 Å². The normalized spacial score (nSPS) is 26.6. The molecule has 0 aromatic rings. The molecule has 2 atom stereocenters. The van der Waals surface area contributed by atoms with Gasteiger partial charge in [0.15, 0.2) is 0 Å². The second-order valence-corrected chi connectivity index (χ2v) is 7.08. The summed E-state index contributed by atoms with van der Waals surface area (Å²) in [5, 5.41) is 24.4. The first kappa shape index (κ1) is 17.2. The highest BCUT2D eigenvalue weighted by Crippen LogP contribution is 2.37. The lowest BCUT2D eigenvalue weighted by molar-refractivity contribution is 0.121. The molecule has 118 valence electrons. The minimum Gasteiger partial charge on any atom is -0.396 e. The Balaban J connectivity index is 2.24. The fourth-order valence-corrected chi connectivity index (χ4v) is 2.73. The molecule has 1 saturated carbocycles. The highest BCUT2D eigenvalue weighted by Gasteiger charge is 2.39. The lowest BCUT2D eigenvalue weighted by Crippen LogP contribution is -2.48. The van der Waals surface area contributed by atoms with Crippen LogP contribution in [0.1, 0.15) is 52.9 Å². The van der Waals surface area contributed by atoms with Crippen molar-refractivity contribution >= 4 is 6.03 Å². The quantitative estimate of drug-likeness (QED) is 0.537. The largest absolute Gasteiger partial charge is 0.396 e. The molecular weight excluding hydrogens is 256 g/mol. The van der Waals surface area contributed by atoms with Gasteiger partial charge in [0, 0.05) is 24.6 Å². The van der Waals surface area contributed by atoms with Crippen LogP contribution in [0.25, 0.3) is 0 Å². The van der Waals surface area contributed by atoms with Crippen molar-refractivity contribution < 1.29 is 15.0 Å². The van der Waals surface area contributed by atoms with Gasteiger partial charge in [-0.05, 0) is 31.1 Å². The Labute approximate surface area is 122 Å². The Morgan fingerprint density at radius 2 is 2.10 bits per heavy atom. The number of carbonyl (C=O) groups excluding carboxylic acids is 1. The van der Waals surface area contributed by atoms with Crippen LogP contribution in [0.15, 0.2) is 0 Å². The van der Waals surface area contributed by atoms with Gasteiger partial charge in [-0.3, -0.25) is 0 Å². The van der Waals surface area contributed by atoms with E-state index in [-0.39, 0.29) is 36.1 Å². The van der Waals surface area contributed by atoms with E-state index >= 15 is 0 Å². The van der Waals surface area contributed by atoms with Crippen LogP contribution in [0.2, 0.25) is 0 Å². The minimum absolute atomic E-state index is 0.0568. The molecule has 0 aromatic carbocycles. The van der Waals surface area contributed by atoms with Crippen LogP contribution in [0.4, 0.5) is 4.79 Å². The molecule has 0 aliphatic heterocycles. The molecule has 1 aliphatic rings. The fourth-order valence-electron chi connectivity index (χ4n) is 2.73. The van der Waals surface area contributed by atoms with Gasteiger partial charge >= 0.3 is 6.03 Å². The molecule has 5 nitrogen and oxygen atoms in total. The number of amides is 2. The Morgan fingerprint density at radius 1 is 1.40 bits per heavy atom. The number of aliphatic hydroxyl groups is 2. The van der Waals surface area contributed by atoms with Gasteiger partial charge in [0.05, 0.1) is 6.61 Å². The maximum atomic E-state index is 11.8. The molecule has 0 aromatic heterocycles. The van der Waals surface area contributed by atoms with E-state index in [2.05, 4.69) is 10.6 Å². The van der Waals surface area contributed by atoms with Crippen molar-refractivity contribution in [2.75, 3.05) is 19.8 Å². The van der Waals surface area contributed by atoms with Crippen LogP contribution in [0, 0.1) is 10.8 Å². The standard InChI is InChI=1S/C15H30N2O3/c1-14(2,10-18)7-5-9-16-13(20)17-12-6-4-8-15(12,3)11-19/h12,18-19H,4-11H2,1-3H3,(H2,16,17,20). The van der Waals surface area contributed by atoms with Crippen LogP contribution in [0.5, 0.6) is 0 Å². The number of urea groups is 1. The van der Waals surface area contributed by atoms with E-state index in [1.807, 2.05) is 20.8 Å². The third kappa shape index (κ3) is 4.94. The Kier molecular flexibility index (Phi) is 6.27. The fraction of sp³-hybridized carbons (Fsp3) is 0.933. The second-order valence-electron chi connectivity index (χ2n) is 7.08. The zero-order valence-corrected chi connectivity index (χ0v) is 13.0. The second kappa shape index (κ2) is 7.27. The third-order valence-corrected chi connectivity index (χ3v) is 4.49. The van der Waals surface area contributed by atoms with Gasteiger partial charge in [0.1, 0.15) is 0 Å². The molecule has 5 heteroatoms. The van der Waals surface area contributed by atoms with Crippen LogP contribution in [-0.4, -0.2) is 42.0 Å². The number of nitrogens with one attached hydrogen (secondary N) is 2. The molecule has 1 aliphatic carbocycles. The van der Waals surface area contributed by atoms with Crippen LogP contribution in [-0.2, 0) is 0 Å². The SMILES string of the molecule is CC(C)(CO)CCCNC(=O)NC1CCCC1(C)CO. The number of carbonyl (C=O) groups is 1. The van der Waals surface area contributed by atoms with E-state index in [1.165, 1.54) is 0 Å². The molecule has 1 rings (SSSR count). The van der Waals surface area contributed by atoms with E-state index in [4.69, 9.17) is 5.11 Å². The zero-order valence-electron chi connectivity index (χ0n) is 13.0. The molecule has 0 spiro atoms. The van der Waals surface area contributed by atoms with Crippen LogP contribution in [0.3, 0.4) is 0 Å². The molecule has 1 fully saturated rings. The topological polar surface area (TPSA) is 81.6 Å². The average Bonchev–Trinajstić information content (AvgIpc) is 2.77. The van der Waals surface area contributed by atoms with Crippen molar-refractivity contribution in [1.82, 2.24) is 10.6 Å². The summed E-state index contributed by atoms with van der Waals surface area (Å²) in [5.74, 6) is 0. The zero-order chi connectivity index (χ0) is 15.2. The minimum atomic E-state index is -0.184. The molecule has 0 saturated heterocycles. The third-order valence-electron chi connectivity index (χ3n) is 4.49. The average molecular weight is 286 g/mol. The Bertz CT molecular complexity index is 320. The first-order valence-corrected chi connectivity index (χ1v) is 7.59. The monoisotopic (exact) mass is 286 g/mol. The van der Waals surface area contributed by atoms with E-state index in [0.29, 0.717) is 6.54 Å². The Morgan fingerprint density at radius 3 is 2.70 bits per heavy atom. The van der Waals surface area contributed by atoms with Gasteiger partial charge in [-0.15, -0.1) is 0 Å². The summed E-state index contributed by atoms with van der Waals surface area (Å²) in [6, 6.07) is -0.0974. The summed E-state index contributed by atoms with van der Waals surface area (Å²) in [6.45, 7) is 6.93. The molecule has 20 heavy (non-hydrogen) atoms. The lowest BCUT2D eigenvalue weighted by Gasteiger charge is -2.30. The molecule has 0 heterocycles. The molecule has 2 amide bonds. The number of hydrogen-bond acceptors (Lipinski definition) is 3. The van der Waals surface area contributed by atoms with Crippen molar-refractivity contribution in [1.29, 1.82) is 0 Å². The number of hydrogen-bond donors (Lipinski definition) is 4. The molecule has 4 N–H and O–H groups in total. The van der Waals surface area contributed by atoms with Gasteiger partial charge in [-0.1, -0.05) is 27.2 Å². The smallest absolute Gasteiger partial charge is 0.315 e. The first-order valence-electron chi connectivity index (χ1n) is 7.59. The summed E-state index contributed by atoms with van der Waals surface area (Å²) in [5.41, 5.74) is -0.269. The summed E-state index contributed by atoms with van der Waals surface area (Å²) in [4.78, 5) is 11.8. The first-order chi connectivity index (χ1) is 9.33. The summed E-state index contributed by atoms with van der Waals surface area (Å²) >= 11 is 0. The van der Waals surface area contributed by atoms with Crippen molar-refractivity contribution in [3.63, 3.8) is 0 Å². The molecule has 2 unspecified atom stereocenters. The van der Waals surface area contributed by atoms with E-state index in [1.54, 1.807) is 0 Å².